The van der Waals surface area contributed by atoms with E-state index in [1.807, 2.05) is 0 Å². The van der Waals surface area contributed by atoms with E-state index in [2.05, 4.69) is 53.3 Å². The second kappa shape index (κ2) is 6.72. The van der Waals surface area contributed by atoms with Crippen LogP contribution < -0.4 is 5.32 Å². The molecule has 18 heavy (non-hydrogen) atoms. The molecule has 1 saturated carbocycles. The third kappa shape index (κ3) is 3.36. The zero-order valence-corrected chi connectivity index (χ0v) is 13.1. The standard InChI is InChI=1S/C16H24BrN/c1-3-10-18-16(13-6-4-5-7-13)15-9-8-14(17)11-12(15)2/h8-9,11,13,16,18H,3-7,10H2,1-2H3. The predicted octanol–water partition coefficient (Wildman–Crippen LogP) is 4.99. The molecule has 0 heterocycles. The summed E-state index contributed by atoms with van der Waals surface area (Å²) >= 11 is 3.56. The summed E-state index contributed by atoms with van der Waals surface area (Å²) in [4.78, 5) is 0. The molecule has 1 aromatic carbocycles. The number of aryl methyl sites for hydroxylation is 1. The Balaban J connectivity index is 2.20. The third-order valence-electron chi connectivity index (χ3n) is 4.05. The lowest BCUT2D eigenvalue weighted by atomic mass is 9.89. The van der Waals surface area contributed by atoms with Gasteiger partial charge in [0, 0.05) is 10.5 Å². The Kier molecular flexibility index (Phi) is 5.25. The van der Waals surface area contributed by atoms with E-state index < -0.39 is 0 Å². The van der Waals surface area contributed by atoms with Crippen molar-refractivity contribution >= 4 is 15.9 Å². The maximum atomic E-state index is 3.77. The zero-order chi connectivity index (χ0) is 13.0. The van der Waals surface area contributed by atoms with E-state index in [0.717, 1.165) is 12.5 Å². The Morgan fingerprint density at radius 2 is 2.06 bits per heavy atom. The van der Waals surface area contributed by atoms with Gasteiger partial charge in [-0.3, -0.25) is 0 Å². The first kappa shape index (κ1) is 14.1. The van der Waals surface area contributed by atoms with E-state index in [0.29, 0.717) is 6.04 Å². The molecule has 0 aromatic heterocycles. The maximum absolute atomic E-state index is 3.77. The summed E-state index contributed by atoms with van der Waals surface area (Å²) in [5.74, 6) is 0.830. The first-order valence-corrected chi connectivity index (χ1v) is 8.01. The molecule has 1 aliphatic carbocycles. The van der Waals surface area contributed by atoms with Crippen LogP contribution >= 0.6 is 15.9 Å². The third-order valence-corrected chi connectivity index (χ3v) is 4.55. The molecular formula is C16H24BrN. The highest BCUT2D eigenvalue weighted by atomic mass is 79.9. The molecule has 2 rings (SSSR count). The Morgan fingerprint density at radius 1 is 1.33 bits per heavy atom. The van der Waals surface area contributed by atoms with Gasteiger partial charge < -0.3 is 5.32 Å². The number of hydrogen-bond donors (Lipinski definition) is 1. The van der Waals surface area contributed by atoms with Crippen LogP contribution in [0.2, 0.25) is 0 Å². The molecule has 1 aliphatic rings. The second-order valence-corrected chi connectivity index (χ2v) is 6.39. The van der Waals surface area contributed by atoms with Crippen molar-refractivity contribution in [2.45, 2.75) is 52.0 Å². The zero-order valence-electron chi connectivity index (χ0n) is 11.5. The Labute approximate surface area is 119 Å². The smallest absolute Gasteiger partial charge is 0.0351 e. The summed E-state index contributed by atoms with van der Waals surface area (Å²) < 4.78 is 1.18. The summed E-state index contributed by atoms with van der Waals surface area (Å²) in [6.45, 7) is 5.60. The van der Waals surface area contributed by atoms with E-state index in [-0.39, 0.29) is 0 Å². The summed E-state index contributed by atoms with van der Waals surface area (Å²) in [6, 6.07) is 7.27. The molecule has 1 nitrogen and oxygen atoms in total. The molecule has 0 bridgehead atoms. The molecule has 0 radical (unpaired) electrons. The van der Waals surface area contributed by atoms with Gasteiger partial charge in [0.2, 0.25) is 0 Å². The van der Waals surface area contributed by atoms with E-state index in [1.165, 1.54) is 47.7 Å². The molecule has 1 aromatic rings. The highest BCUT2D eigenvalue weighted by Crippen LogP contribution is 2.37. The molecule has 0 amide bonds. The lowest BCUT2D eigenvalue weighted by Gasteiger charge is -2.27. The molecule has 0 aliphatic heterocycles. The van der Waals surface area contributed by atoms with Crippen molar-refractivity contribution in [3.8, 4) is 0 Å². The van der Waals surface area contributed by atoms with Gasteiger partial charge in [-0.1, -0.05) is 41.8 Å². The fraction of sp³-hybridized carbons (Fsp3) is 0.625. The van der Waals surface area contributed by atoms with E-state index in [9.17, 15) is 0 Å². The molecule has 1 atom stereocenters. The first-order chi connectivity index (χ1) is 8.72. The van der Waals surface area contributed by atoms with Crippen LogP contribution in [0.15, 0.2) is 22.7 Å². The fourth-order valence-electron chi connectivity index (χ4n) is 3.11. The topological polar surface area (TPSA) is 12.0 Å². The minimum atomic E-state index is 0.556. The predicted molar refractivity (Wildman–Crippen MR) is 81.9 cm³/mol. The van der Waals surface area contributed by atoms with Crippen LogP contribution in [-0.2, 0) is 0 Å². The molecule has 1 N–H and O–H groups in total. The Bertz CT molecular complexity index is 383. The normalized spacial score (nSPS) is 18.2. The lowest BCUT2D eigenvalue weighted by molar-refractivity contribution is 0.367. The minimum absolute atomic E-state index is 0.556. The van der Waals surface area contributed by atoms with E-state index in [1.54, 1.807) is 0 Å². The van der Waals surface area contributed by atoms with Crippen LogP contribution in [0.4, 0.5) is 0 Å². The van der Waals surface area contributed by atoms with Gasteiger partial charge in [-0.15, -0.1) is 0 Å². The highest BCUT2D eigenvalue weighted by Gasteiger charge is 2.26. The number of rotatable bonds is 5. The van der Waals surface area contributed by atoms with Crippen molar-refractivity contribution < 1.29 is 0 Å². The second-order valence-electron chi connectivity index (χ2n) is 5.48. The van der Waals surface area contributed by atoms with Crippen molar-refractivity contribution in [1.29, 1.82) is 0 Å². The van der Waals surface area contributed by atoms with Gasteiger partial charge in [0.1, 0.15) is 0 Å². The van der Waals surface area contributed by atoms with Gasteiger partial charge in [-0.05, 0) is 61.9 Å². The van der Waals surface area contributed by atoms with Crippen LogP contribution in [-0.4, -0.2) is 6.54 Å². The van der Waals surface area contributed by atoms with Gasteiger partial charge in [0.05, 0.1) is 0 Å². The number of hydrogen-bond acceptors (Lipinski definition) is 1. The number of halogens is 1. The van der Waals surface area contributed by atoms with Crippen LogP contribution in [0.3, 0.4) is 0 Å². The maximum Gasteiger partial charge on any atom is 0.0351 e. The average Bonchev–Trinajstić information content (AvgIpc) is 2.85. The van der Waals surface area contributed by atoms with Crippen molar-refractivity contribution in [3.63, 3.8) is 0 Å². The van der Waals surface area contributed by atoms with Crippen LogP contribution in [0.1, 0.15) is 56.2 Å². The van der Waals surface area contributed by atoms with Crippen LogP contribution in [0.25, 0.3) is 0 Å². The minimum Gasteiger partial charge on any atom is -0.310 e. The summed E-state index contributed by atoms with van der Waals surface area (Å²) in [5, 5.41) is 3.77. The van der Waals surface area contributed by atoms with Gasteiger partial charge in [0.25, 0.3) is 0 Å². The SMILES string of the molecule is CCCNC(c1ccc(Br)cc1C)C1CCCC1. The quantitative estimate of drug-likeness (QED) is 0.808. The summed E-state index contributed by atoms with van der Waals surface area (Å²) in [7, 11) is 0. The van der Waals surface area contributed by atoms with Gasteiger partial charge in [0.15, 0.2) is 0 Å². The largest absolute Gasteiger partial charge is 0.310 e. The van der Waals surface area contributed by atoms with Crippen molar-refractivity contribution in [1.82, 2.24) is 5.32 Å². The fourth-order valence-corrected chi connectivity index (χ4v) is 3.58. The lowest BCUT2D eigenvalue weighted by Crippen LogP contribution is -2.28. The van der Waals surface area contributed by atoms with Crippen molar-refractivity contribution in [2.75, 3.05) is 6.54 Å². The number of nitrogens with one attached hydrogen (secondary N) is 1. The van der Waals surface area contributed by atoms with Gasteiger partial charge in [-0.2, -0.15) is 0 Å². The van der Waals surface area contributed by atoms with Crippen LogP contribution in [0, 0.1) is 12.8 Å². The average molecular weight is 310 g/mol. The molecule has 0 saturated heterocycles. The van der Waals surface area contributed by atoms with Gasteiger partial charge >= 0.3 is 0 Å². The Hall–Kier alpha value is -0.340. The molecular weight excluding hydrogens is 286 g/mol. The molecule has 1 unspecified atom stereocenters. The van der Waals surface area contributed by atoms with Gasteiger partial charge in [-0.25, -0.2) is 0 Å². The molecule has 1 fully saturated rings. The number of benzene rings is 1. The highest BCUT2D eigenvalue weighted by molar-refractivity contribution is 9.10. The van der Waals surface area contributed by atoms with Crippen LogP contribution in [0.5, 0.6) is 0 Å². The monoisotopic (exact) mass is 309 g/mol. The molecule has 0 spiro atoms. The van der Waals surface area contributed by atoms with Crippen molar-refractivity contribution in [2.24, 2.45) is 5.92 Å². The molecule has 100 valence electrons. The molecule has 2 heteroatoms. The summed E-state index contributed by atoms with van der Waals surface area (Å²) in [6.07, 6.45) is 6.79. The van der Waals surface area contributed by atoms with E-state index in [4.69, 9.17) is 0 Å². The van der Waals surface area contributed by atoms with E-state index >= 15 is 0 Å². The first-order valence-electron chi connectivity index (χ1n) is 7.21. The van der Waals surface area contributed by atoms with Crippen molar-refractivity contribution in [3.05, 3.63) is 33.8 Å². The summed E-state index contributed by atoms with van der Waals surface area (Å²) in [5.41, 5.74) is 2.91. The Morgan fingerprint density at radius 3 is 2.67 bits per heavy atom.